The summed E-state index contributed by atoms with van der Waals surface area (Å²) in [6, 6.07) is 20.0. The predicted octanol–water partition coefficient (Wildman–Crippen LogP) is 6.45. The van der Waals surface area contributed by atoms with Crippen LogP contribution in [0, 0.1) is 5.95 Å². The van der Waals surface area contributed by atoms with E-state index in [1.54, 1.807) is 85.7 Å². The first kappa shape index (κ1) is 29.8. The van der Waals surface area contributed by atoms with Crippen LogP contribution in [0.5, 0.6) is 5.75 Å². The Morgan fingerprint density at radius 3 is 2.34 bits per heavy atom. The number of nitrogens with zero attached hydrogens (tertiary/aromatic N) is 2. The summed E-state index contributed by atoms with van der Waals surface area (Å²) in [6.07, 6.45) is -4.45. The molecule has 6 nitrogen and oxygen atoms in total. The Morgan fingerprint density at radius 2 is 1.66 bits per heavy atom. The number of H-pyrrole nitrogens is 1. The molecule has 41 heavy (non-hydrogen) atoms. The molecule has 0 spiro atoms. The van der Waals surface area contributed by atoms with Crippen LogP contribution in [-0.2, 0) is 4.79 Å². The molecule has 1 amide bonds. The molecule has 0 fully saturated rings. The van der Waals surface area contributed by atoms with E-state index in [2.05, 4.69) is 15.5 Å². The SMILES string of the molecule is CN(C)C(=O)CCCNCCOc1ccc(/C(=C(/CC(F)(F)F)c2ccccc2)c2ccc3n[nH]c(F)c3c2)cc1. The number of hydrogen-bond acceptors (Lipinski definition) is 4. The standard InChI is InChI=1S/C31H32F4N4O2/c1-39(2)28(40)9-6-16-36-17-18-41-24-13-10-22(11-14-24)29(23-12-15-27-25(19-23)30(32)38-37-27)26(20-31(33,34)35)21-7-4-3-5-8-21/h3-5,7-8,10-15,19,36H,6,9,16-18,20H2,1-2H3,(H,37,38)/b29-26+. The van der Waals surface area contributed by atoms with E-state index in [1.807, 2.05) is 0 Å². The van der Waals surface area contributed by atoms with Gasteiger partial charge in [0.15, 0.2) is 0 Å². The maximum Gasteiger partial charge on any atom is 0.393 e. The van der Waals surface area contributed by atoms with E-state index in [4.69, 9.17) is 4.74 Å². The Hall–Kier alpha value is -4.18. The van der Waals surface area contributed by atoms with E-state index in [0.717, 1.165) is 6.42 Å². The highest BCUT2D eigenvalue weighted by Gasteiger charge is 2.31. The molecule has 2 N–H and O–H groups in total. The third kappa shape index (κ3) is 8.17. The van der Waals surface area contributed by atoms with Crippen LogP contribution in [-0.4, -0.2) is 61.0 Å². The van der Waals surface area contributed by atoms with Gasteiger partial charge in [0, 0.05) is 27.1 Å². The summed E-state index contributed by atoms with van der Waals surface area (Å²) in [5, 5.41) is 9.60. The highest BCUT2D eigenvalue weighted by Crippen LogP contribution is 2.40. The minimum Gasteiger partial charge on any atom is -0.492 e. The van der Waals surface area contributed by atoms with Gasteiger partial charge in [-0.15, -0.1) is 0 Å². The number of amides is 1. The number of fused-ring (bicyclic) bond motifs is 1. The molecule has 4 aromatic rings. The average molecular weight is 569 g/mol. The molecule has 3 aromatic carbocycles. The second-order valence-corrected chi connectivity index (χ2v) is 9.80. The van der Waals surface area contributed by atoms with Gasteiger partial charge in [-0.2, -0.15) is 22.7 Å². The van der Waals surface area contributed by atoms with Crippen molar-refractivity contribution in [1.29, 1.82) is 0 Å². The number of ether oxygens (including phenoxy) is 1. The van der Waals surface area contributed by atoms with Crippen LogP contribution in [0.4, 0.5) is 17.6 Å². The lowest BCUT2D eigenvalue weighted by atomic mass is 9.87. The summed E-state index contributed by atoms with van der Waals surface area (Å²) in [5.74, 6) is -0.0110. The molecule has 0 bridgehead atoms. The fourth-order valence-corrected chi connectivity index (χ4v) is 4.50. The van der Waals surface area contributed by atoms with E-state index in [-0.39, 0.29) is 16.9 Å². The first-order chi connectivity index (χ1) is 19.6. The normalized spacial score (nSPS) is 12.3. The van der Waals surface area contributed by atoms with Crippen LogP contribution in [0.25, 0.3) is 22.0 Å². The number of alkyl halides is 3. The summed E-state index contributed by atoms with van der Waals surface area (Å²) in [4.78, 5) is 13.2. The lowest BCUT2D eigenvalue weighted by Crippen LogP contribution is -2.25. The van der Waals surface area contributed by atoms with E-state index in [1.165, 1.54) is 6.07 Å². The Balaban J connectivity index is 1.58. The Labute approximate surface area is 236 Å². The number of allylic oxidation sites excluding steroid dienone is 1. The molecule has 0 radical (unpaired) electrons. The minimum absolute atomic E-state index is 0.0759. The molecule has 1 aromatic heterocycles. The first-order valence-corrected chi connectivity index (χ1v) is 13.3. The molecule has 0 saturated carbocycles. The van der Waals surface area contributed by atoms with Crippen molar-refractivity contribution in [3.05, 3.63) is 95.4 Å². The van der Waals surface area contributed by atoms with Gasteiger partial charge in [0.1, 0.15) is 12.4 Å². The third-order valence-corrected chi connectivity index (χ3v) is 6.53. The quantitative estimate of drug-likeness (QED) is 0.117. The van der Waals surface area contributed by atoms with Crippen molar-refractivity contribution in [2.24, 2.45) is 0 Å². The summed E-state index contributed by atoms with van der Waals surface area (Å²) in [7, 11) is 3.45. The zero-order valence-electron chi connectivity index (χ0n) is 22.9. The topological polar surface area (TPSA) is 70.2 Å². The summed E-state index contributed by atoms with van der Waals surface area (Å²) in [5.41, 5.74) is 2.19. The van der Waals surface area contributed by atoms with Crippen LogP contribution in [0.1, 0.15) is 36.0 Å². The number of aromatic nitrogens is 2. The Bertz CT molecular complexity index is 1480. The number of rotatable bonds is 12. The molecule has 0 atom stereocenters. The van der Waals surface area contributed by atoms with Gasteiger partial charge >= 0.3 is 6.18 Å². The van der Waals surface area contributed by atoms with Gasteiger partial charge in [0.2, 0.25) is 11.9 Å². The molecule has 10 heteroatoms. The highest BCUT2D eigenvalue weighted by atomic mass is 19.4. The first-order valence-electron chi connectivity index (χ1n) is 13.3. The lowest BCUT2D eigenvalue weighted by molar-refractivity contribution is -0.128. The predicted molar refractivity (Wildman–Crippen MR) is 152 cm³/mol. The number of nitrogens with one attached hydrogen (secondary N) is 2. The number of carbonyl (C=O) groups excluding carboxylic acids is 1. The average Bonchev–Trinajstić information content (AvgIpc) is 3.32. The number of aromatic amines is 1. The molecule has 1 heterocycles. The maximum absolute atomic E-state index is 14.4. The second-order valence-electron chi connectivity index (χ2n) is 9.80. The largest absolute Gasteiger partial charge is 0.492 e. The van der Waals surface area contributed by atoms with Crippen molar-refractivity contribution in [2.75, 3.05) is 33.8 Å². The molecule has 216 valence electrons. The smallest absolute Gasteiger partial charge is 0.393 e. The van der Waals surface area contributed by atoms with E-state index in [0.29, 0.717) is 59.6 Å². The van der Waals surface area contributed by atoms with Gasteiger partial charge in [-0.3, -0.25) is 9.89 Å². The zero-order valence-corrected chi connectivity index (χ0v) is 22.9. The van der Waals surface area contributed by atoms with Crippen molar-refractivity contribution in [3.8, 4) is 5.75 Å². The van der Waals surface area contributed by atoms with Crippen LogP contribution in [0.15, 0.2) is 72.8 Å². The van der Waals surface area contributed by atoms with Crippen LogP contribution < -0.4 is 10.1 Å². The van der Waals surface area contributed by atoms with Crippen molar-refractivity contribution >= 4 is 28.0 Å². The minimum atomic E-state index is -4.47. The maximum atomic E-state index is 14.4. The molecular formula is C31H32F4N4O2. The second kappa shape index (κ2) is 13.5. The Morgan fingerprint density at radius 1 is 0.951 bits per heavy atom. The molecule has 0 aliphatic heterocycles. The summed E-state index contributed by atoms with van der Waals surface area (Å²) in [6.45, 7) is 1.63. The lowest BCUT2D eigenvalue weighted by Gasteiger charge is -2.19. The fraction of sp³-hybridized carbons (Fsp3) is 0.290. The molecule has 4 rings (SSSR count). The van der Waals surface area contributed by atoms with Crippen LogP contribution in [0.2, 0.25) is 0 Å². The Kier molecular flexibility index (Phi) is 9.78. The van der Waals surface area contributed by atoms with Gasteiger partial charge in [-0.1, -0.05) is 48.5 Å². The molecular weight excluding hydrogens is 536 g/mol. The van der Waals surface area contributed by atoms with E-state index < -0.39 is 18.5 Å². The molecule has 0 saturated heterocycles. The summed E-state index contributed by atoms with van der Waals surface area (Å²) < 4.78 is 61.8. The number of hydrogen-bond donors (Lipinski definition) is 2. The number of benzene rings is 3. The van der Waals surface area contributed by atoms with Crippen molar-refractivity contribution in [3.63, 3.8) is 0 Å². The monoisotopic (exact) mass is 568 g/mol. The van der Waals surface area contributed by atoms with E-state index >= 15 is 0 Å². The van der Waals surface area contributed by atoms with Gasteiger partial charge in [0.25, 0.3) is 0 Å². The fourth-order valence-electron chi connectivity index (χ4n) is 4.50. The highest BCUT2D eigenvalue weighted by molar-refractivity contribution is 6.00. The molecule has 0 aliphatic carbocycles. The van der Waals surface area contributed by atoms with Gasteiger partial charge in [-0.25, -0.2) is 0 Å². The van der Waals surface area contributed by atoms with Crippen molar-refractivity contribution in [1.82, 2.24) is 20.4 Å². The number of carbonyl (C=O) groups is 1. The van der Waals surface area contributed by atoms with Gasteiger partial charge < -0.3 is 15.0 Å². The molecule has 0 unspecified atom stereocenters. The van der Waals surface area contributed by atoms with Gasteiger partial charge in [0.05, 0.1) is 17.3 Å². The van der Waals surface area contributed by atoms with E-state index in [9.17, 15) is 22.4 Å². The van der Waals surface area contributed by atoms with Crippen molar-refractivity contribution < 1.29 is 27.1 Å². The van der Waals surface area contributed by atoms with Gasteiger partial charge in [-0.05, 0) is 65.1 Å². The van der Waals surface area contributed by atoms with Crippen LogP contribution in [0.3, 0.4) is 0 Å². The van der Waals surface area contributed by atoms with Crippen molar-refractivity contribution in [2.45, 2.75) is 25.4 Å². The number of halogens is 4. The molecule has 0 aliphatic rings. The zero-order chi connectivity index (χ0) is 29.4. The third-order valence-electron chi connectivity index (χ3n) is 6.53. The van der Waals surface area contributed by atoms with Crippen LogP contribution >= 0.6 is 0 Å². The summed E-state index contributed by atoms with van der Waals surface area (Å²) >= 11 is 0.